The normalized spacial score (nSPS) is 14.4. The van der Waals surface area contributed by atoms with E-state index in [2.05, 4.69) is 4.90 Å². The van der Waals surface area contributed by atoms with Crippen molar-refractivity contribution in [3.8, 4) is 5.75 Å². The number of rotatable bonds is 6. The third-order valence-electron chi connectivity index (χ3n) is 5.53. The van der Waals surface area contributed by atoms with Crippen molar-refractivity contribution < 1.29 is 9.53 Å². The van der Waals surface area contributed by atoms with Gasteiger partial charge < -0.3 is 9.64 Å². The van der Waals surface area contributed by atoms with Crippen molar-refractivity contribution in [1.82, 2.24) is 9.80 Å². The van der Waals surface area contributed by atoms with E-state index in [0.717, 1.165) is 30.8 Å². The number of nitrogens with zero attached hydrogens (tertiary/aromatic N) is 2. The van der Waals surface area contributed by atoms with Crippen LogP contribution in [0.3, 0.4) is 0 Å². The zero-order chi connectivity index (χ0) is 23.4. The highest BCUT2D eigenvalue weighted by Crippen LogP contribution is 2.28. The average Bonchev–Trinajstić information content (AvgIpc) is 2.80. The van der Waals surface area contributed by atoms with Gasteiger partial charge in [0.25, 0.3) is 5.91 Å². The van der Waals surface area contributed by atoms with Crippen LogP contribution < -0.4 is 4.74 Å². The van der Waals surface area contributed by atoms with E-state index in [0.29, 0.717) is 51.1 Å². The van der Waals surface area contributed by atoms with Gasteiger partial charge in [-0.25, -0.2) is 0 Å². The summed E-state index contributed by atoms with van der Waals surface area (Å²) in [5.41, 5.74) is 2.57. The van der Waals surface area contributed by atoms with Gasteiger partial charge in [0.05, 0.1) is 5.02 Å². The zero-order valence-corrected chi connectivity index (χ0v) is 20.8. The van der Waals surface area contributed by atoms with E-state index < -0.39 is 0 Å². The van der Waals surface area contributed by atoms with Gasteiger partial charge in [-0.3, -0.25) is 9.69 Å². The maximum atomic E-state index is 13.1. The minimum Gasteiger partial charge on any atom is -0.487 e. The zero-order valence-electron chi connectivity index (χ0n) is 17.7. The van der Waals surface area contributed by atoms with Gasteiger partial charge in [0.15, 0.2) is 0 Å². The molecule has 0 atom stereocenters. The van der Waals surface area contributed by atoms with E-state index in [1.807, 2.05) is 41.3 Å². The molecule has 0 aliphatic carbocycles. The molecule has 0 unspecified atom stereocenters. The largest absolute Gasteiger partial charge is 0.487 e. The van der Waals surface area contributed by atoms with E-state index in [1.54, 1.807) is 24.3 Å². The third kappa shape index (κ3) is 6.34. The van der Waals surface area contributed by atoms with Crippen molar-refractivity contribution in [3.63, 3.8) is 0 Å². The molecule has 8 heteroatoms. The highest BCUT2D eigenvalue weighted by atomic mass is 35.5. The van der Waals surface area contributed by atoms with Gasteiger partial charge >= 0.3 is 0 Å². The molecule has 33 heavy (non-hydrogen) atoms. The van der Waals surface area contributed by atoms with Crippen LogP contribution in [0.5, 0.6) is 5.75 Å². The second kappa shape index (κ2) is 11.0. The monoisotopic (exact) mass is 522 g/mol. The van der Waals surface area contributed by atoms with Crippen LogP contribution in [0, 0.1) is 0 Å². The smallest absolute Gasteiger partial charge is 0.253 e. The predicted octanol–water partition coefficient (Wildman–Crippen LogP) is 6.84. The maximum Gasteiger partial charge on any atom is 0.253 e. The Hall–Kier alpha value is -1.95. The number of amides is 1. The van der Waals surface area contributed by atoms with Crippen LogP contribution >= 0.6 is 46.4 Å². The number of carbonyl (C=O) groups is 1. The van der Waals surface area contributed by atoms with E-state index >= 15 is 0 Å². The lowest BCUT2D eigenvalue weighted by atomic mass is 10.1. The fraction of sp³-hybridized carbons (Fsp3) is 0.240. The fourth-order valence-electron chi connectivity index (χ4n) is 3.73. The number of hydrogen-bond acceptors (Lipinski definition) is 3. The topological polar surface area (TPSA) is 32.8 Å². The van der Waals surface area contributed by atoms with Gasteiger partial charge in [-0.05, 0) is 53.6 Å². The Balaban J connectivity index is 1.33. The SMILES string of the molecule is O=C(c1cccc(COc2ccc(Cl)cc2Cl)c1)N1CCN(Cc2ccc(Cl)cc2Cl)CC1. The second-order valence-corrected chi connectivity index (χ2v) is 9.56. The summed E-state index contributed by atoms with van der Waals surface area (Å²) in [6.45, 7) is 3.91. The highest BCUT2D eigenvalue weighted by Gasteiger charge is 2.23. The van der Waals surface area contributed by atoms with E-state index in [4.69, 9.17) is 51.1 Å². The van der Waals surface area contributed by atoms with E-state index in [-0.39, 0.29) is 5.91 Å². The third-order valence-corrected chi connectivity index (χ3v) is 6.65. The Morgan fingerprint density at radius 2 is 1.52 bits per heavy atom. The molecule has 3 aromatic rings. The first-order valence-electron chi connectivity index (χ1n) is 10.5. The molecule has 1 saturated heterocycles. The van der Waals surface area contributed by atoms with Crippen LogP contribution in [0.25, 0.3) is 0 Å². The summed E-state index contributed by atoms with van der Waals surface area (Å²) in [6, 6.07) is 18.1. The number of carbonyl (C=O) groups excluding carboxylic acids is 1. The fourth-order valence-corrected chi connectivity index (χ4v) is 4.66. The summed E-state index contributed by atoms with van der Waals surface area (Å²) in [5.74, 6) is 0.570. The van der Waals surface area contributed by atoms with Crippen molar-refractivity contribution in [2.75, 3.05) is 26.2 Å². The molecule has 0 aromatic heterocycles. The first-order valence-corrected chi connectivity index (χ1v) is 12.0. The highest BCUT2D eigenvalue weighted by molar-refractivity contribution is 6.35. The van der Waals surface area contributed by atoms with Crippen molar-refractivity contribution in [2.45, 2.75) is 13.2 Å². The van der Waals surface area contributed by atoms with Crippen LogP contribution in [0.2, 0.25) is 20.1 Å². The van der Waals surface area contributed by atoms with Crippen molar-refractivity contribution in [2.24, 2.45) is 0 Å². The number of ether oxygens (including phenoxy) is 1. The summed E-state index contributed by atoms with van der Waals surface area (Å²) in [5, 5.41) is 2.30. The van der Waals surface area contributed by atoms with Gasteiger partial charge in [0.1, 0.15) is 12.4 Å². The first-order chi connectivity index (χ1) is 15.9. The first kappa shape index (κ1) is 24.2. The Bertz CT molecular complexity index is 1150. The summed E-state index contributed by atoms with van der Waals surface area (Å²) >= 11 is 24.4. The standard InChI is InChI=1S/C25H22Cl4N2O2/c26-20-5-4-19(22(28)13-20)15-30-8-10-31(11-9-30)25(32)18-3-1-2-17(12-18)16-33-24-7-6-21(27)14-23(24)29/h1-7,12-14H,8-11,15-16H2. The Labute approximate surface area is 213 Å². The van der Waals surface area contributed by atoms with Gasteiger partial charge in [-0.2, -0.15) is 0 Å². The lowest BCUT2D eigenvalue weighted by Crippen LogP contribution is -2.48. The van der Waals surface area contributed by atoms with Crippen LogP contribution in [-0.2, 0) is 13.2 Å². The summed E-state index contributed by atoms with van der Waals surface area (Å²) in [4.78, 5) is 17.2. The number of benzene rings is 3. The lowest BCUT2D eigenvalue weighted by molar-refractivity contribution is 0.0628. The summed E-state index contributed by atoms with van der Waals surface area (Å²) in [7, 11) is 0. The molecule has 1 aliphatic rings. The van der Waals surface area contributed by atoms with Gasteiger partial charge in [-0.1, -0.05) is 64.6 Å². The molecule has 4 nitrogen and oxygen atoms in total. The molecular weight excluding hydrogens is 502 g/mol. The van der Waals surface area contributed by atoms with Crippen LogP contribution in [0.4, 0.5) is 0 Å². The minimum atomic E-state index is 0.0190. The second-order valence-electron chi connectivity index (χ2n) is 7.87. The van der Waals surface area contributed by atoms with Gasteiger partial charge in [-0.15, -0.1) is 0 Å². The molecule has 1 aliphatic heterocycles. The number of piperazine rings is 1. The lowest BCUT2D eigenvalue weighted by Gasteiger charge is -2.35. The molecule has 0 bridgehead atoms. The Morgan fingerprint density at radius 1 is 0.818 bits per heavy atom. The number of halogens is 4. The van der Waals surface area contributed by atoms with E-state index in [1.165, 1.54) is 0 Å². The Morgan fingerprint density at radius 3 is 2.21 bits per heavy atom. The summed E-state index contributed by atoms with van der Waals surface area (Å²) in [6.07, 6.45) is 0. The van der Waals surface area contributed by atoms with Gasteiger partial charge in [0, 0.05) is 53.4 Å². The molecule has 0 N–H and O–H groups in total. The maximum absolute atomic E-state index is 13.1. The summed E-state index contributed by atoms with van der Waals surface area (Å²) < 4.78 is 5.80. The quantitative estimate of drug-likeness (QED) is 0.354. The predicted molar refractivity (Wildman–Crippen MR) is 135 cm³/mol. The molecule has 0 radical (unpaired) electrons. The van der Waals surface area contributed by atoms with Crippen LogP contribution in [0.1, 0.15) is 21.5 Å². The van der Waals surface area contributed by atoms with E-state index in [9.17, 15) is 4.79 Å². The molecular formula is C25H22Cl4N2O2. The Kier molecular flexibility index (Phi) is 8.05. The molecule has 4 rings (SSSR count). The minimum absolute atomic E-state index is 0.0190. The molecule has 0 saturated carbocycles. The van der Waals surface area contributed by atoms with Crippen molar-refractivity contribution >= 4 is 52.3 Å². The number of hydrogen-bond donors (Lipinski definition) is 0. The molecule has 172 valence electrons. The van der Waals surface area contributed by atoms with Gasteiger partial charge in [0.2, 0.25) is 0 Å². The molecule has 0 spiro atoms. The molecule has 3 aromatic carbocycles. The van der Waals surface area contributed by atoms with Crippen molar-refractivity contribution in [3.05, 3.63) is 97.4 Å². The molecule has 1 heterocycles. The molecule has 1 fully saturated rings. The van der Waals surface area contributed by atoms with Crippen molar-refractivity contribution in [1.29, 1.82) is 0 Å². The van der Waals surface area contributed by atoms with Crippen LogP contribution in [-0.4, -0.2) is 41.9 Å². The van der Waals surface area contributed by atoms with Crippen LogP contribution in [0.15, 0.2) is 60.7 Å². The molecule has 1 amide bonds. The average molecular weight is 524 g/mol.